The molecule has 97 heavy (non-hydrogen) atoms. The lowest BCUT2D eigenvalue weighted by molar-refractivity contribution is -0.144. The van der Waals surface area contributed by atoms with Crippen molar-refractivity contribution >= 4 is 40.0 Å². The van der Waals surface area contributed by atoms with Crippen molar-refractivity contribution in [2.75, 3.05) is 35.0 Å². The molecule has 4 heterocycles. The zero-order valence-corrected chi connectivity index (χ0v) is 56.4. The summed E-state index contributed by atoms with van der Waals surface area (Å²) in [6.45, 7) is 13.6. The highest BCUT2D eigenvalue weighted by Crippen LogP contribution is 2.42. The average molecular weight is 1450 g/mol. The Hall–Kier alpha value is -7.66. The van der Waals surface area contributed by atoms with Crippen molar-refractivity contribution < 1.29 is 91.8 Å². The molecule has 2 aromatic heterocycles. The van der Waals surface area contributed by atoms with Crippen LogP contribution >= 0.6 is 15.9 Å². The van der Waals surface area contributed by atoms with Gasteiger partial charge in [0.05, 0.1) is 60.3 Å². The lowest BCUT2D eigenvalue weighted by atomic mass is 9.86. The molecule has 0 saturated carbocycles. The predicted molar refractivity (Wildman–Crippen MR) is 343 cm³/mol. The highest BCUT2D eigenvalue weighted by Gasteiger charge is 2.46. The molecule has 4 aromatic carbocycles. The molecule has 8 rings (SSSR count). The van der Waals surface area contributed by atoms with E-state index in [4.69, 9.17) is 24.4 Å². The zero-order chi connectivity index (χ0) is 71.8. The third-order valence-electron chi connectivity index (χ3n) is 15.6. The van der Waals surface area contributed by atoms with Crippen LogP contribution in [-0.4, -0.2) is 130 Å². The molecule has 2 aliphatic rings. The monoisotopic (exact) mass is 1440 g/mol. The zero-order valence-electron chi connectivity index (χ0n) is 54.8. The van der Waals surface area contributed by atoms with Gasteiger partial charge in [0, 0.05) is 54.7 Å². The van der Waals surface area contributed by atoms with Gasteiger partial charge in [-0.05, 0) is 152 Å². The summed E-state index contributed by atoms with van der Waals surface area (Å²) in [7, 11) is 0. The Bertz CT molecular complexity index is 3370. The molecule has 6 atom stereocenters. The number of piperidine rings is 2. The third kappa shape index (κ3) is 23.5. The Morgan fingerprint density at radius 1 is 0.505 bits per heavy atom. The summed E-state index contributed by atoms with van der Waals surface area (Å²) in [5.74, 6) is 0.0359. The maximum Gasteiger partial charge on any atom is 0.416 e. The Morgan fingerprint density at radius 2 is 0.825 bits per heavy atom. The van der Waals surface area contributed by atoms with Gasteiger partial charge in [-0.25, -0.2) is 29.5 Å². The molecule has 3 N–H and O–H groups in total. The van der Waals surface area contributed by atoms with Crippen LogP contribution in [0.5, 0.6) is 11.5 Å². The van der Waals surface area contributed by atoms with E-state index < -0.39 is 94.5 Å². The van der Waals surface area contributed by atoms with Crippen molar-refractivity contribution in [3.05, 3.63) is 166 Å². The van der Waals surface area contributed by atoms with Gasteiger partial charge in [0.25, 0.3) is 0 Å². The number of aliphatic hydroxyl groups is 2. The maximum absolute atomic E-state index is 13.8. The van der Waals surface area contributed by atoms with E-state index in [0.717, 1.165) is 23.5 Å². The minimum absolute atomic E-state index is 0.0165. The van der Waals surface area contributed by atoms with Crippen molar-refractivity contribution in [1.29, 1.82) is 0 Å². The first-order valence-corrected chi connectivity index (χ1v) is 32.4. The first-order chi connectivity index (χ1) is 45.3. The van der Waals surface area contributed by atoms with Crippen molar-refractivity contribution in [3.8, 4) is 11.5 Å². The molecule has 0 spiro atoms. The predicted octanol–water partition coefficient (Wildman–Crippen LogP) is 16.1. The van der Waals surface area contributed by atoms with Crippen LogP contribution in [-0.2, 0) is 60.1 Å². The number of aromatic hydroxyl groups is 1. The highest BCUT2D eigenvalue weighted by atomic mass is 79.9. The first-order valence-electron chi connectivity index (χ1n) is 31.3. The molecule has 0 unspecified atom stereocenters. The smallest absolute Gasteiger partial charge is 0.416 e. The van der Waals surface area contributed by atoms with E-state index in [1.54, 1.807) is 61.1 Å². The molecular formula is C68H81BrF12N8O8. The number of aliphatic hydroxyl groups excluding tert-OH is 2. The Balaban J connectivity index is 0.000000291. The van der Waals surface area contributed by atoms with Crippen LogP contribution < -0.4 is 14.5 Å². The number of benzene rings is 4. The van der Waals surface area contributed by atoms with Crippen LogP contribution in [0.2, 0.25) is 0 Å². The molecule has 2 amide bonds. The minimum Gasteiger partial charge on any atom is -0.505 e. The summed E-state index contributed by atoms with van der Waals surface area (Å²) in [4.78, 5) is 50.8. The molecular weight excluding hydrogens is 1360 g/mol. The molecule has 0 bridgehead atoms. The summed E-state index contributed by atoms with van der Waals surface area (Å²) in [6, 6.07) is 19.2. The SMILES string of the molecule is CC[C@@H]1C[C@H](N(Cc2cc(C(F)(F)F)cc(C(F)(F)F)c2)c2ncc(O)cn2)C[C@H](Cc2ccccc2)N1C(=O)OC(C)(C)C.CC[C@@H]1C[C@H](N(Cc2cc(C(F)(F)F)cc(C(F)(F)F)c2)c2ncc(OCCO)cn2)C[C@H](Cc2ccccc2)N1C(=O)OC(C)(C)C.OCCBr. The molecule has 0 radical (unpaired) electrons. The number of amides is 2. The van der Waals surface area contributed by atoms with Gasteiger partial charge in [0.2, 0.25) is 11.9 Å². The average Bonchev–Trinajstić information content (AvgIpc) is 0.791. The van der Waals surface area contributed by atoms with Crippen molar-refractivity contribution in [1.82, 2.24) is 29.7 Å². The largest absolute Gasteiger partial charge is 0.505 e. The fraction of sp³-hybridized carbons (Fsp3) is 0.500. The quantitative estimate of drug-likeness (QED) is 0.0545. The Kier molecular flexibility index (Phi) is 27.2. The maximum atomic E-state index is 13.8. The topological polar surface area (TPSA) is 187 Å². The van der Waals surface area contributed by atoms with Crippen LogP contribution in [0.25, 0.3) is 0 Å². The van der Waals surface area contributed by atoms with Gasteiger partial charge in [0.15, 0.2) is 11.5 Å². The van der Waals surface area contributed by atoms with E-state index in [2.05, 4.69) is 35.9 Å². The lowest BCUT2D eigenvalue weighted by Crippen LogP contribution is -2.58. The Morgan fingerprint density at radius 3 is 1.11 bits per heavy atom. The number of likely N-dealkylation sites (tertiary alicyclic amines) is 2. The van der Waals surface area contributed by atoms with Crippen LogP contribution in [0.1, 0.15) is 138 Å². The Labute approximate surface area is 564 Å². The number of carbonyl (C=O) groups is 2. The highest BCUT2D eigenvalue weighted by molar-refractivity contribution is 9.09. The van der Waals surface area contributed by atoms with E-state index in [1.807, 2.05) is 74.5 Å². The van der Waals surface area contributed by atoms with Gasteiger partial charge >= 0.3 is 36.9 Å². The van der Waals surface area contributed by atoms with Crippen LogP contribution in [0.4, 0.5) is 74.2 Å². The van der Waals surface area contributed by atoms with Crippen molar-refractivity contribution in [3.63, 3.8) is 0 Å². The second kappa shape index (κ2) is 33.7. The number of halogens is 13. The standard InChI is InChI=1S/C34H40F6N4O4.C32H36F6N4O3.C2H5BrO/c1-5-26-17-27(18-28(15-22-9-7-6-8-10-22)44(26)31(46)48-32(2,3)4)43(30-41-19-29(20-42-30)47-12-11-45)21-23-13-24(33(35,36)37)16-25(14-23)34(38,39)40;1-5-24-15-25(16-26(13-20-9-7-6-8-10-20)42(24)29(44)45-30(2,3)4)41(28-39-17-27(43)18-40-28)19-21-11-22(31(33,34)35)14-23(12-21)32(36,37)38;3-1-2-4/h6-10,13-14,16,19-20,26-28,45H,5,11-12,15,17-18,21H2,1-4H3;6-12,14,17-18,24-26,43H,5,13,15-16,19H2,1-4H3;4H,1-2H2/t26-,27+,28+;24-,25+,26+;/m11./s1. The van der Waals surface area contributed by atoms with Crippen LogP contribution in [0.15, 0.2) is 122 Å². The third-order valence-corrected chi connectivity index (χ3v) is 16.0. The van der Waals surface area contributed by atoms with Gasteiger partial charge in [-0.3, -0.25) is 0 Å². The molecule has 16 nitrogen and oxygen atoms in total. The minimum atomic E-state index is -5.02. The van der Waals surface area contributed by atoms with Crippen molar-refractivity contribution in [2.45, 2.75) is 192 Å². The summed E-state index contributed by atoms with van der Waals surface area (Å²) < 4.78 is 182. The summed E-state index contributed by atoms with van der Waals surface area (Å²) in [5, 5.41) is 27.4. The number of ether oxygens (including phenoxy) is 3. The summed E-state index contributed by atoms with van der Waals surface area (Å²) in [6.07, 6.45) is -13.1. The second-order valence-electron chi connectivity index (χ2n) is 25.4. The number of rotatable bonds is 18. The molecule has 2 fully saturated rings. The number of aromatic nitrogens is 4. The van der Waals surface area contributed by atoms with Gasteiger partial charge in [0.1, 0.15) is 17.8 Å². The normalized spacial score (nSPS) is 18.6. The molecule has 2 saturated heterocycles. The van der Waals surface area contributed by atoms with Crippen LogP contribution in [0, 0.1) is 0 Å². The number of anilines is 2. The van der Waals surface area contributed by atoms with E-state index >= 15 is 0 Å². The first kappa shape index (κ1) is 78.3. The van der Waals surface area contributed by atoms with E-state index in [1.165, 1.54) is 12.4 Å². The summed E-state index contributed by atoms with van der Waals surface area (Å²) in [5.41, 5.74) is -5.83. The molecule has 29 heteroatoms. The number of alkyl halides is 13. The fourth-order valence-corrected chi connectivity index (χ4v) is 11.6. The summed E-state index contributed by atoms with van der Waals surface area (Å²) >= 11 is 3.00. The molecule has 532 valence electrons. The number of hydrogen-bond donors (Lipinski definition) is 3. The molecule has 6 aromatic rings. The van der Waals surface area contributed by atoms with Gasteiger partial charge in [-0.15, -0.1) is 0 Å². The van der Waals surface area contributed by atoms with E-state index in [-0.39, 0.29) is 91.6 Å². The number of carbonyl (C=O) groups excluding carboxylic acids is 2. The molecule has 2 aliphatic heterocycles. The van der Waals surface area contributed by atoms with E-state index in [9.17, 15) is 67.4 Å². The van der Waals surface area contributed by atoms with E-state index in [0.29, 0.717) is 81.0 Å². The number of nitrogens with zero attached hydrogens (tertiary/aromatic N) is 8. The van der Waals surface area contributed by atoms with Gasteiger partial charge in [-0.1, -0.05) is 90.4 Å². The van der Waals surface area contributed by atoms with Crippen LogP contribution in [0.3, 0.4) is 0 Å². The molecule has 0 aliphatic carbocycles. The fourth-order valence-electron chi connectivity index (χ4n) is 11.6. The number of hydrogen-bond acceptors (Lipinski definition) is 14. The van der Waals surface area contributed by atoms with Crippen molar-refractivity contribution in [2.24, 2.45) is 0 Å². The second-order valence-corrected chi connectivity index (χ2v) is 26.2. The van der Waals surface area contributed by atoms with Gasteiger partial charge in [-0.2, -0.15) is 52.7 Å². The lowest BCUT2D eigenvalue weighted by Gasteiger charge is -2.48. The van der Waals surface area contributed by atoms with Gasteiger partial charge < -0.3 is 49.1 Å².